The molecule has 7 heteroatoms. The monoisotopic (exact) mass is 392 g/mol. The van der Waals surface area contributed by atoms with Crippen molar-refractivity contribution in [1.82, 2.24) is 4.31 Å². The number of carbonyl (C=O) groups is 1. The number of benzene rings is 1. The van der Waals surface area contributed by atoms with Crippen LogP contribution in [0, 0.1) is 5.92 Å². The summed E-state index contributed by atoms with van der Waals surface area (Å²) < 4.78 is 26.9. The molecule has 1 aliphatic heterocycles. The van der Waals surface area contributed by atoms with Crippen molar-refractivity contribution in [2.45, 2.75) is 36.8 Å². The molecular formula is C19H24N2O3S2. The van der Waals surface area contributed by atoms with Gasteiger partial charge < -0.3 is 5.32 Å². The van der Waals surface area contributed by atoms with Gasteiger partial charge in [-0.1, -0.05) is 31.5 Å². The molecule has 1 saturated heterocycles. The molecule has 1 aromatic heterocycles. The number of rotatable bonds is 6. The van der Waals surface area contributed by atoms with Crippen LogP contribution in [-0.2, 0) is 21.2 Å². The Kier molecular flexibility index (Phi) is 6.11. The minimum Gasteiger partial charge on any atom is -0.326 e. The van der Waals surface area contributed by atoms with E-state index in [9.17, 15) is 13.2 Å². The van der Waals surface area contributed by atoms with Crippen LogP contribution < -0.4 is 5.32 Å². The van der Waals surface area contributed by atoms with Crippen molar-refractivity contribution in [3.63, 3.8) is 0 Å². The summed E-state index contributed by atoms with van der Waals surface area (Å²) in [6, 6.07) is 11.3. The molecule has 1 aliphatic rings. The predicted octanol–water partition coefficient (Wildman–Crippen LogP) is 3.74. The normalized spacial score (nSPS) is 16.5. The quantitative estimate of drug-likeness (QED) is 0.814. The van der Waals surface area contributed by atoms with Gasteiger partial charge in [-0.3, -0.25) is 4.79 Å². The van der Waals surface area contributed by atoms with Crippen LogP contribution in [0.3, 0.4) is 0 Å². The molecule has 0 atom stereocenters. The maximum Gasteiger partial charge on any atom is 0.252 e. The second kappa shape index (κ2) is 8.33. The zero-order valence-electron chi connectivity index (χ0n) is 14.8. The predicted molar refractivity (Wildman–Crippen MR) is 105 cm³/mol. The van der Waals surface area contributed by atoms with E-state index in [4.69, 9.17) is 0 Å². The van der Waals surface area contributed by atoms with Crippen molar-refractivity contribution in [2.75, 3.05) is 18.4 Å². The summed E-state index contributed by atoms with van der Waals surface area (Å²) in [7, 11) is -3.42. The third kappa shape index (κ3) is 4.34. The SMILES string of the molecule is CCCc1ccc(NC(=O)C2CCN(S(=O)(=O)c3cccs3)CC2)cc1. The maximum atomic E-state index is 12.5. The highest BCUT2D eigenvalue weighted by Crippen LogP contribution is 2.27. The molecule has 2 heterocycles. The number of nitrogens with zero attached hydrogens (tertiary/aromatic N) is 1. The van der Waals surface area contributed by atoms with E-state index in [0.29, 0.717) is 30.1 Å². The highest BCUT2D eigenvalue weighted by Gasteiger charge is 2.32. The van der Waals surface area contributed by atoms with Gasteiger partial charge in [0.25, 0.3) is 10.0 Å². The van der Waals surface area contributed by atoms with E-state index in [1.807, 2.05) is 24.3 Å². The molecule has 2 aromatic rings. The van der Waals surface area contributed by atoms with Crippen LogP contribution in [0.5, 0.6) is 0 Å². The van der Waals surface area contributed by atoms with Crippen molar-refractivity contribution in [1.29, 1.82) is 0 Å². The second-order valence-electron chi connectivity index (χ2n) is 6.55. The van der Waals surface area contributed by atoms with Gasteiger partial charge in [0.1, 0.15) is 4.21 Å². The molecule has 5 nitrogen and oxygen atoms in total. The van der Waals surface area contributed by atoms with Gasteiger partial charge in [-0.25, -0.2) is 8.42 Å². The van der Waals surface area contributed by atoms with Crippen LogP contribution in [-0.4, -0.2) is 31.7 Å². The van der Waals surface area contributed by atoms with Gasteiger partial charge >= 0.3 is 0 Å². The summed E-state index contributed by atoms with van der Waals surface area (Å²) >= 11 is 1.23. The fourth-order valence-electron chi connectivity index (χ4n) is 3.18. The molecular weight excluding hydrogens is 368 g/mol. The topological polar surface area (TPSA) is 66.5 Å². The van der Waals surface area contributed by atoms with Crippen molar-refractivity contribution in [2.24, 2.45) is 5.92 Å². The highest BCUT2D eigenvalue weighted by molar-refractivity contribution is 7.91. The van der Waals surface area contributed by atoms with Crippen molar-refractivity contribution in [3.8, 4) is 0 Å². The van der Waals surface area contributed by atoms with Gasteiger partial charge in [0.2, 0.25) is 5.91 Å². The van der Waals surface area contributed by atoms with Gasteiger partial charge in [0, 0.05) is 24.7 Å². The Hall–Kier alpha value is -1.70. The average molecular weight is 393 g/mol. The molecule has 1 aromatic carbocycles. The standard InChI is InChI=1S/C19H24N2O3S2/c1-2-4-15-6-8-17(9-7-15)20-19(22)16-10-12-21(13-11-16)26(23,24)18-5-3-14-25-18/h3,5-9,14,16H,2,4,10-13H2,1H3,(H,20,22). The first-order chi connectivity index (χ1) is 12.5. The smallest absolute Gasteiger partial charge is 0.252 e. The minimum absolute atomic E-state index is 0.0265. The summed E-state index contributed by atoms with van der Waals surface area (Å²) in [5.74, 6) is -0.179. The molecule has 26 heavy (non-hydrogen) atoms. The van der Waals surface area contributed by atoms with Crippen LogP contribution >= 0.6 is 11.3 Å². The lowest BCUT2D eigenvalue weighted by Crippen LogP contribution is -2.41. The molecule has 0 radical (unpaired) electrons. The number of sulfonamides is 1. The molecule has 0 unspecified atom stereocenters. The van der Waals surface area contributed by atoms with Gasteiger partial charge in [0.05, 0.1) is 0 Å². The van der Waals surface area contributed by atoms with Gasteiger partial charge in [-0.15, -0.1) is 11.3 Å². The number of piperidine rings is 1. The number of anilines is 1. The van der Waals surface area contributed by atoms with Gasteiger partial charge in [0.15, 0.2) is 0 Å². The first-order valence-electron chi connectivity index (χ1n) is 8.94. The van der Waals surface area contributed by atoms with E-state index in [1.165, 1.54) is 21.2 Å². The Balaban J connectivity index is 1.55. The van der Waals surface area contributed by atoms with Crippen molar-refractivity contribution >= 4 is 33.0 Å². The van der Waals surface area contributed by atoms with E-state index in [2.05, 4.69) is 12.2 Å². The molecule has 1 fully saturated rings. The Bertz CT molecular complexity index is 822. The Morgan fingerprint density at radius 1 is 1.19 bits per heavy atom. The molecule has 0 bridgehead atoms. The lowest BCUT2D eigenvalue weighted by Gasteiger charge is -2.30. The Morgan fingerprint density at radius 3 is 2.46 bits per heavy atom. The minimum atomic E-state index is -3.42. The van der Waals surface area contributed by atoms with Crippen LogP contribution in [0.4, 0.5) is 5.69 Å². The zero-order valence-corrected chi connectivity index (χ0v) is 16.5. The number of carbonyl (C=O) groups excluding carboxylic acids is 1. The fourth-order valence-corrected chi connectivity index (χ4v) is 5.80. The van der Waals surface area contributed by atoms with Crippen LogP contribution in [0.1, 0.15) is 31.7 Å². The Labute approximate surface area is 159 Å². The van der Waals surface area contributed by atoms with Crippen LogP contribution in [0.2, 0.25) is 0 Å². The highest BCUT2D eigenvalue weighted by atomic mass is 32.2. The number of thiophene rings is 1. The summed E-state index contributed by atoms with van der Waals surface area (Å²) in [5.41, 5.74) is 2.06. The zero-order chi connectivity index (χ0) is 18.6. The first-order valence-corrected chi connectivity index (χ1v) is 11.3. The van der Waals surface area contributed by atoms with E-state index in [-0.39, 0.29) is 11.8 Å². The number of aryl methyl sites for hydroxylation is 1. The summed E-state index contributed by atoms with van der Waals surface area (Å²) in [5, 5.41) is 4.72. The van der Waals surface area contributed by atoms with Crippen molar-refractivity contribution < 1.29 is 13.2 Å². The molecule has 3 rings (SSSR count). The lowest BCUT2D eigenvalue weighted by molar-refractivity contribution is -0.120. The third-order valence-electron chi connectivity index (χ3n) is 4.67. The number of hydrogen-bond donors (Lipinski definition) is 1. The van der Waals surface area contributed by atoms with E-state index in [0.717, 1.165) is 18.5 Å². The molecule has 0 spiro atoms. The molecule has 1 amide bonds. The number of nitrogens with one attached hydrogen (secondary N) is 1. The fraction of sp³-hybridized carbons (Fsp3) is 0.421. The lowest BCUT2D eigenvalue weighted by atomic mass is 9.97. The molecule has 140 valence electrons. The molecule has 0 aliphatic carbocycles. The number of hydrogen-bond acceptors (Lipinski definition) is 4. The van der Waals surface area contributed by atoms with Gasteiger partial charge in [-0.2, -0.15) is 4.31 Å². The second-order valence-corrected chi connectivity index (χ2v) is 9.66. The summed E-state index contributed by atoms with van der Waals surface area (Å²) in [6.45, 7) is 2.90. The van der Waals surface area contributed by atoms with E-state index in [1.54, 1.807) is 17.5 Å². The molecule has 1 N–H and O–H groups in total. The largest absolute Gasteiger partial charge is 0.326 e. The van der Waals surface area contributed by atoms with Crippen molar-refractivity contribution in [3.05, 3.63) is 47.3 Å². The molecule has 0 saturated carbocycles. The van der Waals surface area contributed by atoms with E-state index >= 15 is 0 Å². The van der Waals surface area contributed by atoms with Gasteiger partial charge in [-0.05, 0) is 48.4 Å². The summed E-state index contributed by atoms with van der Waals surface area (Å²) in [6.07, 6.45) is 3.22. The van der Waals surface area contributed by atoms with Crippen LogP contribution in [0.15, 0.2) is 46.0 Å². The first kappa shape index (κ1) is 19.1. The van der Waals surface area contributed by atoms with Crippen LogP contribution in [0.25, 0.3) is 0 Å². The number of amides is 1. The maximum absolute atomic E-state index is 12.5. The summed E-state index contributed by atoms with van der Waals surface area (Å²) in [4.78, 5) is 12.5. The third-order valence-corrected chi connectivity index (χ3v) is 7.95. The Morgan fingerprint density at radius 2 is 1.88 bits per heavy atom. The van der Waals surface area contributed by atoms with E-state index < -0.39 is 10.0 Å². The average Bonchev–Trinajstić information content (AvgIpc) is 3.19.